The highest BCUT2D eigenvalue weighted by Gasteiger charge is 2.20. The van der Waals surface area contributed by atoms with Gasteiger partial charge in [0, 0.05) is 11.0 Å². The molecule has 1 N–H and O–H groups in total. The van der Waals surface area contributed by atoms with E-state index in [1.54, 1.807) is 6.07 Å². The van der Waals surface area contributed by atoms with Crippen LogP contribution in [0.5, 0.6) is 5.75 Å². The highest BCUT2D eigenvalue weighted by molar-refractivity contribution is 7.98. The summed E-state index contributed by atoms with van der Waals surface area (Å²) < 4.78 is 5.63. The van der Waals surface area contributed by atoms with Crippen molar-refractivity contribution in [3.8, 4) is 5.75 Å². The Balaban J connectivity index is 1.92. The summed E-state index contributed by atoms with van der Waals surface area (Å²) in [5.41, 5.74) is 1.14. The third-order valence-corrected chi connectivity index (χ3v) is 4.75. The Kier molecular flexibility index (Phi) is 6.85. The maximum atomic E-state index is 12.3. The van der Waals surface area contributed by atoms with Crippen LogP contribution in [-0.4, -0.2) is 30.2 Å². The van der Waals surface area contributed by atoms with E-state index < -0.39 is 10.8 Å². The second-order valence-electron chi connectivity index (χ2n) is 7.02. The number of hydrogen-bond acceptors (Lipinski definition) is 5. The van der Waals surface area contributed by atoms with Crippen LogP contribution in [0.3, 0.4) is 0 Å². The summed E-state index contributed by atoms with van der Waals surface area (Å²) in [5, 5.41) is 13.8. The minimum atomic E-state index is -0.549. The summed E-state index contributed by atoms with van der Waals surface area (Å²) >= 11 is 1.42. The van der Waals surface area contributed by atoms with Crippen molar-refractivity contribution in [1.82, 2.24) is 5.32 Å². The predicted molar refractivity (Wildman–Crippen MR) is 108 cm³/mol. The number of carbonyl (C=O) groups excluding carboxylic acids is 1. The molecule has 2 rings (SSSR count). The van der Waals surface area contributed by atoms with Gasteiger partial charge in [-0.2, -0.15) is 0 Å². The number of nitrogens with one attached hydrogen (secondary N) is 1. The van der Waals surface area contributed by atoms with Crippen LogP contribution in [0.4, 0.5) is 5.69 Å². The molecule has 2 aromatic carbocycles. The average molecular weight is 388 g/mol. The Labute approximate surface area is 163 Å². The largest absolute Gasteiger partial charge is 0.492 e. The first-order valence-electron chi connectivity index (χ1n) is 8.56. The van der Waals surface area contributed by atoms with Gasteiger partial charge in [0.05, 0.1) is 11.5 Å². The summed E-state index contributed by atoms with van der Waals surface area (Å²) in [6.45, 7) is 6.95. The van der Waals surface area contributed by atoms with Crippen LogP contribution in [0.15, 0.2) is 47.4 Å². The lowest BCUT2D eigenvalue weighted by molar-refractivity contribution is -0.385. The van der Waals surface area contributed by atoms with Crippen LogP contribution in [0.2, 0.25) is 0 Å². The van der Waals surface area contributed by atoms with Gasteiger partial charge in [-0.05, 0) is 41.5 Å². The number of hydrogen-bond donors (Lipinski definition) is 1. The van der Waals surface area contributed by atoms with Crippen molar-refractivity contribution in [1.29, 1.82) is 0 Å². The number of benzene rings is 2. The van der Waals surface area contributed by atoms with Crippen LogP contribution in [0.25, 0.3) is 0 Å². The minimum absolute atomic E-state index is 0.0568. The molecule has 0 unspecified atom stereocenters. The molecule has 144 valence electrons. The first kappa shape index (κ1) is 20.8. The molecule has 0 saturated carbocycles. The quantitative estimate of drug-likeness (QED) is 0.329. The molecule has 0 fully saturated rings. The third kappa shape index (κ3) is 5.72. The lowest BCUT2D eigenvalue weighted by Gasteiger charge is -2.19. The van der Waals surface area contributed by atoms with Gasteiger partial charge in [-0.15, -0.1) is 11.8 Å². The summed E-state index contributed by atoms with van der Waals surface area (Å²) in [6, 6.07) is 12.4. The lowest BCUT2D eigenvalue weighted by Crippen LogP contribution is -2.28. The molecule has 2 aromatic rings. The van der Waals surface area contributed by atoms with Gasteiger partial charge in [0.15, 0.2) is 0 Å². The van der Waals surface area contributed by atoms with Crippen molar-refractivity contribution in [2.45, 2.75) is 31.1 Å². The molecule has 0 aromatic heterocycles. The van der Waals surface area contributed by atoms with E-state index in [2.05, 4.69) is 26.1 Å². The molecule has 27 heavy (non-hydrogen) atoms. The minimum Gasteiger partial charge on any atom is -0.492 e. The van der Waals surface area contributed by atoms with Gasteiger partial charge in [0.1, 0.15) is 17.9 Å². The number of nitrogens with zero attached hydrogens (tertiary/aromatic N) is 1. The van der Waals surface area contributed by atoms with E-state index >= 15 is 0 Å². The van der Waals surface area contributed by atoms with E-state index in [0.717, 1.165) is 4.90 Å². The zero-order valence-electron chi connectivity index (χ0n) is 15.9. The SMILES string of the molecule is CSc1ccc([N+](=O)[O-])c(C(=O)NCCOc2ccc(C(C)(C)C)cc2)c1. The van der Waals surface area contributed by atoms with E-state index in [1.165, 1.54) is 29.5 Å². The number of nitro groups is 1. The topological polar surface area (TPSA) is 81.5 Å². The number of ether oxygens (including phenoxy) is 1. The molecule has 0 aliphatic rings. The van der Waals surface area contributed by atoms with Crippen molar-refractivity contribution in [3.05, 3.63) is 63.7 Å². The molecule has 6 nitrogen and oxygen atoms in total. The van der Waals surface area contributed by atoms with Gasteiger partial charge in [-0.25, -0.2) is 0 Å². The number of carbonyl (C=O) groups is 1. The molecule has 0 saturated heterocycles. The molecule has 0 bridgehead atoms. The monoisotopic (exact) mass is 388 g/mol. The Morgan fingerprint density at radius 1 is 1.19 bits per heavy atom. The normalized spacial score (nSPS) is 11.1. The highest BCUT2D eigenvalue weighted by Crippen LogP contribution is 2.25. The number of thioether (sulfide) groups is 1. The Morgan fingerprint density at radius 2 is 1.85 bits per heavy atom. The van der Waals surface area contributed by atoms with Crippen LogP contribution >= 0.6 is 11.8 Å². The van der Waals surface area contributed by atoms with Crippen LogP contribution < -0.4 is 10.1 Å². The Hall–Kier alpha value is -2.54. The molecule has 1 amide bonds. The first-order valence-corrected chi connectivity index (χ1v) is 9.79. The summed E-state index contributed by atoms with van der Waals surface area (Å²) in [4.78, 5) is 23.7. The molecule has 0 atom stereocenters. The molecule has 0 aliphatic carbocycles. The van der Waals surface area contributed by atoms with E-state index in [1.807, 2.05) is 30.5 Å². The van der Waals surface area contributed by atoms with Gasteiger partial charge in [0.2, 0.25) is 0 Å². The maximum absolute atomic E-state index is 12.3. The summed E-state index contributed by atoms with van der Waals surface area (Å²) in [6.07, 6.45) is 1.85. The molecular weight excluding hydrogens is 364 g/mol. The van der Waals surface area contributed by atoms with Crippen LogP contribution in [0, 0.1) is 10.1 Å². The first-order chi connectivity index (χ1) is 12.7. The zero-order valence-corrected chi connectivity index (χ0v) is 16.8. The van der Waals surface area contributed by atoms with Crippen LogP contribution in [0.1, 0.15) is 36.7 Å². The van der Waals surface area contributed by atoms with Crippen molar-refractivity contribution >= 4 is 23.4 Å². The van der Waals surface area contributed by atoms with Gasteiger partial charge in [-0.3, -0.25) is 14.9 Å². The third-order valence-electron chi connectivity index (χ3n) is 4.02. The molecule has 0 spiro atoms. The summed E-state index contributed by atoms with van der Waals surface area (Å²) in [5.74, 6) is 0.233. The van der Waals surface area contributed by atoms with E-state index in [4.69, 9.17) is 4.74 Å². The number of nitro benzene ring substituents is 1. The van der Waals surface area contributed by atoms with Crippen LogP contribution in [-0.2, 0) is 5.41 Å². The summed E-state index contributed by atoms with van der Waals surface area (Å²) in [7, 11) is 0. The lowest BCUT2D eigenvalue weighted by atomic mass is 9.87. The smallest absolute Gasteiger partial charge is 0.282 e. The molecule has 0 heterocycles. The standard InChI is InChI=1S/C20H24N2O4S/c1-20(2,3)14-5-7-15(8-6-14)26-12-11-21-19(23)17-13-16(27-4)9-10-18(17)22(24)25/h5-10,13H,11-12H2,1-4H3,(H,21,23). The number of rotatable bonds is 7. The van der Waals surface area contributed by atoms with Gasteiger partial charge < -0.3 is 10.1 Å². The van der Waals surface area contributed by atoms with Crippen molar-refractivity contribution in [3.63, 3.8) is 0 Å². The Bertz CT molecular complexity index is 814. The van der Waals surface area contributed by atoms with E-state index in [0.29, 0.717) is 5.75 Å². The van der Waals surface area contributed by atoms with E-state index in [-0.39, 0.29) is 29.8 Å². The Morgan fingerprint density at radius 3 is 2.41 bits per heavy atom. The van der Waals surface area contributed by atoms with Gasteiger partial charge >= 0.3 is 0 Å². The maximum Gasteiger partial charge on any atom is 0.282 e. The van der Waals surface area contributed by atoms with Crippen molar-refractivity contribution in [2.75, 3.05) is 19.4 Å². The van der Waals surface area contributed by atoms with Crippen molar-refractivity contribution < 1.29 is 14.5 Å². The molecule has 0 aliphatic heterocycles. The molecule has 7 heteroatoms. The number of amides is 1. The van der Waals surface area contributed by atoms with Gasteiger partial charge in [-0.1, -0.05) is 32.9 Å². The fourth-order valence-electron chi connectivity index (χ4n) is 2.46. The fourth-order valence-corrected chi connectivity index (χ4v) is 2.90. The fraction of sp³-hybridized carbons (Fsp3) is 0.350. The highest BCUT2D eigenvalue weighted by atomic mass is 32.2. The molecule has 0 radical (unpaired) electrons. The predicted octanol–water partition coefficient (Wildman–Crippen LogP) is 4.42. The molecular formula is C20H24N2O4S. The van der Waals surface area contributed by atoms with Crippen molar-refractivity contribution in [2.24, 2.45) is 0 Å². The zero-order chi connectivity index (χ0) is 20.0. The van der Waals surface area contributed by atoms with Gasteiger partial charge in [0.25, 0.3) is 11.6 Å². The second kappa shape index (κ2) is 8.90. The average Bonchev–Trinajstić information content (AvgIpc) is 2.64. The second-order valence-corrected chi connectivity index (χ2v) is 7.90. The van der Waals surface area contributed by atoms with E-state index in [9.17, 15) is 14.9 Å².